The summed E-state index contributed by atoms with van der Waals surface area (Å²) in [6.07, 6.45) is 11.4. The third-order valence-corrected chi connectivity index (χ3v) is 7.12. The molecule has 0 radical (unpaired) electrons. The Balaban J connectivity index is 1.63. The highest BCUT2D eigenvalue weighted by molar-refractivity contribution is 6.02. The molecule has 0 amide bonds. The van der Waals surface area contributed by atoms with E-state index in [-0.39, 0.29) is 5.41 Å². The van der Waals surface area contributed by atoms with E-state index >= 15 is 0 Å². The summed E-state index contributed by atoms with van der Waals surface area (Å²) in [5.74, 6) is 4.16. The first-order valence-corrected chi connectivity index (χ1v) is 9.30. The Morgan fingerprint density at radius 1 is 1.35 bits per heavy atom. The van der Waals surface area contributed by atoms with E-state index in [4.69, 9.17) is 4.74 Å². The normalized spacial score (nSPS) is 42.3. The van der Waals surface area contributed by atoms with Gasteiger partial charge in [0.1, 0.15) is 0 Å². The van der Waals surface area contributed by atoms with Gasteiger partial charge in [0.15, 0.2) is 5.78 Å². The summed E-state index contributed by atoms with van der Waals surface area (Å²) >= 11 is 0. The Morgan fingerprint density at radius 3 is 2.96 bits per heavy atom. The van der Waals surface area contributed by atoms with Crippen molar-refractivity contribution in [2.75, 3.05) is 6.61 Å². The minimum atomic E-state index is -0.120. The van der Waals surface area contributed by atoms with Gasteiger partial charge in [0.25, 0.3) is 0 Å². The summed E-state index contributed by atoms with van der Waals surface area (Å²) < 4.78 is 5.75. The first kappa shape index (κ1) is 15.2. The molecule has 0 aromatic carbocycles. The van der Waals surface area contributed by atoms with Crippen molar-refractivity contribution in [2.45, 2.75) is 52.4 Å². The van der Waals surface area contributed by atoms with Crippen molar-refractivity contribution in [3.05, 3.63) is 35.6 Å². The summed E-state index contributed by atoms with van der Waals surface area (Å²) in [7, 11) is 0. The predicted molar refractivity (Wildman–Crippen MR) is 91.7 cm³/mol. The van der Waals surface area contributed by atoms with Crippen LogP contribution in [0.15, 0.2) is 35.6 Å². The Bertz CT molecular complexity index is 611. The number of ether oxygens (including phenoxy) is 1. The monoisotopic (exact) mass is 312 g/mol. The van der Waals surface area contributed by atoms with Crippen molar-refractivity contribution < 1.29 is 9.53 Å². The van der Waals surface area contributed by atoms with Crippen LogP contribution in [0.3, 0.4) is 0 Å². The average molecular weight is 312 g/mol. The average Bonchev–Trinajstić information content (AvgIpc) is 2.78. The minimum absolute atomic E-state index is 0.120. The molecule has 0 aliphatic heterocycles. The van der Waals surface area contributed by atoms with Gasteiger partial charge in [0.05, 0.1) is 12.4 Å². The molecule has 0 N–H and O–H groups in total. The lowest BCUT2D eigenvalue weighted by Crippen LogP contribution is -2.45. The lowest BCUT2D eigenvalue weighted by molar-refractivity contribution is -0.128. The highest BCUT2D eigenvalue weighted by atomic mass is 16.5. The standard InChI is InChI=1S/C21H28O2/c1-4-23-15-6-8-16-14(12-15)5-7-18-17(16)9-10-21(3)19(18)11-13(2)20(21)22/h5,12,16-19H,2,4,6-11H2,1,3H3/t16-,17+,18+,19?,21-/m0/s1. The second-order valence-electron chi connectivity index (χ2n) is 8.16. The molecule has 124 valence electrons. The van der Waals surface area contributed by atoms with E-state index in [1.165, 1.54) is 24.2 Å². The number of rotatable bonds is 2. The first-order chi connectivity index (χ1) is 11.0. The number of Topliss-reactive ketones (excluding diaryl/α,β-unsaturated/α-hetero) is 1. The molecule has 0 aromatic heterocycles. The van der Waals surface area contributed by atoms with Crippen LogP contribution in [0.4, 0.5) is 0 Å². The second-order valence-corrected chi connectivity index (χ2v) is 8.16. The molecule has 0 bridgehead atoms. The van der Waals surface area contributed by atoms with E-state index in [9.17, 15) is 4.79 Å². The molecule has 0 aromatic rings. The van der Waals surface area contributed by atoms with E-state index in [1.807, 2.05) is 0 Å². The SMILES string of the molecule is C=C1CC2[C@@H]3CC=C4C=C(OCC)CC[C@@H]4[C@H]3CC[C@]2(C)C1=O. The van der Waals surface area contributed by atoms with Gasteiger partial charge >= 0.3 is 0 Å². The molecule has 2 heteroatoms. The van der Waals surface area contributed by atoms with Crippen molar-refractivity contribution in [3.8, 4) is 0 Å². The molecule has 4 aliphatic carbocycles. The number of ketones is 1. The molecule has 5 atom stereocenters. The summed E-state index contributed by atoms with van der Waals surface area (Å²) in [6.45, 7) is 9.10. The first-order valence-electron chi connectivity index (χ1n) is 9.30. The Hall–Kier alpha value is -1.31. The van der Waals surface area contributed by atoms with Gasteiger partial charge in [0, 0.05) is 11.8 Å². The topological polar surface area (TPSA) is 26.3 Å². The minimum Gasteiger partial charge on any atom is -0.498 e. The summed E-state index contributed by atoms with van der Waals surface area (Å²) in [5, 5.41) is 0. The van der Waals surface area contributed by atoms with Crippen LogP contribution in [0.5, 0.6) is 0 Å². The van der Waals surface area contributed by atoms with E-state index in [1.54, 1.807) is 0 Å². The Labute approximate surface area is 139 Å². The van der Waals surface area contributed by atoms with Crippen LogP contribution in [0.1, 0.15) is 52.4 Å². The van der Waals surface area contributed by atoms with Crippen LogP contribution in [0.25, 0.3) is 0 Å². The third kappa shape index (κ3) is 2.17. The fourth-order valence-electron chi connectivity index (χ4n) is 5.97. The van der Waals surface area contributed by atoms with Gasteiger partial charge in [-0.3, -0.25) is 4.79 Å². The summed E-state index contributed by atoms with van der Waals surface area (Å²) in [5.41, 5.74) is 2.27. The zero-order valence-electron chi connectivity index (χ0n) is 14.4. The van der Waals surface area contributed by atoms with Crippen LogP contribution in [-0.2, 0) is 9.53 Å². The maximum absolute atomic E-state index is 12.6. The van der Waals surface area contributed by atoms with Crippen molar-refractivity contribution >= 4 is 5.78 Å². The number of allylic oxidation sites excluding steroid dienone is 5. The maximum atomic E-state index is 12.6. The molecule has 2 nitrogen and oxygen atoms in total. The fourth-order valence-corrected chi connectivity index (χ4v) is 5.97. The summed E-state index contributed by atoms with van der Waals surface area (Å²) in [6, 6.07) is 0. The molecule has 23 heavy (non-hydrogen) atoms. The van der Waals surface area contributed by atoms with Gasteiger partial charge < -0.3 is 4.74 Å². The van der Waals surface area contributed by atoms with Crippen molar-refractivity contribution in [1.82, 2.24) is 0 Å². The third-order valence-electron chi connectivity index (χ3n) is 7.12. The second kappa shape index (κ2) is 5.36. The summed E-state index contributed by atoms with van der Waals surface area (Å²) in [4.78, 5) is 12.6. The van der Waals surface area contributed by atoms with E-state index in [0.29, 0.717) is 23.5 Å². The molecule has 2 saturated carbocycles. The molecular weight excluding hydrogens is 284 g/mol. The molecule has 0 heterocycles. The Morgan fingerprint density at radius 2 is 2.17 bits per heavy atom. The van der Waals surface area contributed by atoms with Crippen LogP contribution < -0.4 is 0 Å². The number of hydrogen-bond acceptors (Lipinski definition) is 2. The highest BCUT2D eigenvalue weighted by Gasteiger charge is 2.56. The molecular formula is C21H28O2. The zero-order chi connectivity index (χ0) is 16.2. The van der Waals surface area contributed by atoms with Gasteiger partial charge in [0.2, 0.25) is 0 Å². The number of carbonyl (C=O) groups excluding carboxylic acids is 1. The Kier molecular flexibility index (Phi) is 3.55. The van der Waals surface area contributed by atoms with E-state index in [0.717, 1.165) is 43.8 Å². The van der Waals surface area contributed by atoms with Gasteiger partial charge in [-0.05, 0) is 79.9 Å². The van der Waals surface area contributed by atoms with Gasteiger partial charge in [-0.25, -0.2) is 0 Å². The molecule has 4 rings (SSSR count). The fraction of sp³-hybridized carbons (Fsp3) is 0.667. The van der Waals surface area contributed by atoms with Crippen LogP contribution in [0, 0.1) is 29.1 Å². The quantitative estimate of drug-likeness (QED) is 0.683. The lowest BCUT2D eigenvalue weighted by Gasteiger charge is -2.50. The van der Waals surface area contributed by atoms with Crippen LogP contribution in [-0.4, -0.2) is 12.4 Å². The lowest BCUT2D eigenvalue weighted by atomic mass is 9.53. The van der Waals surface area contributed by atoms with Crippen LogP contribution >= 0.6 is 0 Å². The molecule has 1 unspecified atom stereocenters. The van der Waals surface area contributed by atoms with E-state index < -0.39 is 0 Å². The number of hydrogen-bond donors (Lipinski definition) is 0. The number of carbonyl (C=O) groups is 1. The molecule has 2 fully saturated rings. The predicted octanol–water partition coefficient (Wildman–Crippen LogP) is 4.82. The van der Waals surface area contributed by atoms with Crippen molar-refractivity contribution in [3.63, 3.8) is 0 Å². The molecule has 0 spiro atoms. The van der Waals surface area contributed by atoms with Crippen molar-refractivity contribution in [1.29, 1.82) is 0 Å². The smallest absolute Gasteiger partial charge is 0.164 e. The van der Waals surface area contributed by atoms with Gasteiger partial charge in [-0.1, -0.05) is 19.6 Å². The molecule has 4 aliphatic rings. The van der Waals surface area contributed by atoms with Gasteiger partial charge in [-0.2, -0.15) is 0 Å². The van der Waals surface area contributed by atoms with E-state index in [2.05, 4.69) is 32.6 Å². The maximum Gasteiger partial charge on any atom is 0.164 e. The van der Waals surface area contributed by atoms with Crippen LogP contribution in [0.2, 0.25) is 0 Å². The largest absolute Gasteiger partial charge is 0.498 e. The highest BCUT2D eigenvalue weighted by Crippen LogP contribution is 2.60. The molecule has 0 saturated heterocycles. The van der Waals surface area contributed by atoms with Crippen molar-refractivity contribution in [2.24, 2.45) is 29.1 Å². The zero-order valence-corrected chi connectivity index (χ0v) is 14.4. The number of fused-ring (bicyclic) bond motifs is 5. The van der Waals surface area contributed by atoms with Gasteiger partial charge in [-0.15, -0.1) is 0 Å².